The second kappa shape index (κ2) is 6.76. The lowest BCUT2D eigenvalue weighted by Crippen LogP contribution is -2.37. The van der Waals surface area contributed by atoms with Crippen LogP contribution in [0.3, 0.4) is 0 Å². The average molecular weight is 380 g/mol. The molecule has 0 nitrogen and oxygen atoms in total. The van der Waals surface area contributed by atoms with Crippen LogP contribution in [0.15, 0.2) is 60.7 Å². The van der Waals surface area contributed by atoms with Crippen LogP contribution >= 0.6 is 8.19 Å². The summed E-state index contributed by atoms with van der Waals surface area (Å²) in [6.07, 6.45) is 0. The van der Waals surface area contributed by atoms with Crippen LogP contribution in [0, 0.1) is 0 Å². The van der Waals surface area contributed by atoms with Gasteiger partial charge in [0.25, 0.3) is 0 Å². The van der Waals surface area contributed by atoms with Crippen LogP contribution in [-0.4, -0.2) is 16.1 Å². The van der Waals surface area contributed by atoms with E-state index in [4.69, 9.17) is 0 Å². The van der Waals surface area contributed by atoms with Gasteiger partial charge in [-0.1, -0.05) is 99.9 Å². The third-order valence-electron chi connectivity index (χ3n) is 4.49. The van der Waals surface area contributed by atoms with Crippen molar-refractivity contribution in [3.8, 4) is 22.3 Å². The Balaban J connectivity index is 2.43. The van der Waals surface area contributed by atoms with Crippen molar-refractivity contribution in [1.82, 2.24) is 0 Å². The summed E-state index contributed by atoms with van der Waals surface area (Å²) in [5.74, 6) is 0. The van der Waals surface area contributed by atoms with Crippen molar-refractivity contribution in [3.05, 3.63) is 60.7 Å². The highest BCUT2D eigenvalue weighted by molar-refractivity contribution is 7.50. The van der Waals surface area contributed by atoms with Crippen molar-refractivity contribution in [2.75, 3.05) is 0 Å². The van der Waals surface area contributed by atoms with E-state index in [0.29, 0.717) is 0 Å². The number of rotatable bonds is 4. The third kappa shape index (κ3) is 3.77. The Labute approximate surface area is 156 Å². The maximum absolute atomic E-state index is 2.49. The molecule has 3 aromatic rings. The molecule has 0 unspecified atom stereocenters. The van der Waals surface area contributed by atoms with Crippen molar-refractivity contribution >= 4 is 34.2 Å². The van der Waals surface area contributed by atoms with Gasteiger partial charge in [-0.3, -0.25) is 0 Å². The second-order valence-electron chi connectivity index (χ2n) is 8.79. The first-order valence-electron chi connectivity index (χ1n) is 9.02. The summed E-state index contributed by atoms with van der Waals surface area (Å²) in [5.41, 5.74) is 5.84. The fourth-order valence-corrected chi connectivity index (χ4v) is 9.97. The van der Waals surface area contributed by atoms with Gasteiger partial charge in [0.1, 0.15) is 0 Å². The SMILES string of the molecule is C[Si](C)(C)c1[p-]c([Si](C)(C)C)c(-c2ccccc2)c1-c1ccccc1. The molecule has 0 aliphatic rings. The van der Waals surface area contributed by atoms with Gasteiger partial charge in [-0.15, -0.1) is 0 Å². The summed E-state index contributed by atoms with van der Waals surface area (Å²) in [5, 5.41) is 0. The Morgan fingerprint density at radius 1 is 0.520 bits per heavy atom. The quantitative estimate of drug-likeness (QED) is 0.459. The molecule has 0 aliphatic heterocycles. The topological polar surface area (TPSA) is 0 Å². The summed E-state index contributed by atoms with van der Waals surface area (Å²) in [6.45, 7) is 15.0. The van der Waals surface area contributed by atoms with E-state index >= 15 is 0 Å². The summed E-state index contributed by atoms with van der Waals surface area (Å²) in [4.78, 5) is 3.41. The fourth-order valence-electron chi connectivity index (χ4n) is 3.32. The van der Waals surface area contributed by atoms with Gasteiger partial charge in [-0.25, -0.2) is 9.84 Å². The molecule has 1 aromatic heterocycles. The Morgan fingerprint density at radius 2 is 0.840 bits per heavy atom. The summed E-state index contributed by atoms with van der Waals surface area (Å²) in [6, 6.07) is 22.1. The monoisotopic (exact) mass is 379 g/mol. The molecular weight excluding hydrogens is 351 g/mol. The molecular formula is C22H28PSi2-. The van der Waals surface area contributed by atoms with Crippen LogP contribution in [0.5, 0.6) is 0 Å². The van der Waals surface area contributed by atoms with Crippen molar-refractivity contribution in [1.29, 1.82) is 0 Å². The van der Waals surface area contributed by atoms with E-state index in [1.54, 1.807) is 9.84 Å². The molecule has 1 heterocycles. The molecule has 3 heteroatoms. The standard InChI is InChI=1S/C22H28PSi2/c1-24(2,3)21-19(17-13-9-7-10-14-17)20(18-15-11-8-12-16-18)22(23-21)25(4,5)6/h7-16H,1-6H3/q-1. The van der Waals surface area contributed by atoms with Crippen LogP contribution in [0.25, 0.3) is 22.3 Å². The van der Waals surface area contributed by atoms with Gasteiger partial charge in [0, 0.05) is 16.1 Å². The van der Waals surface area contributed by atoms with Gasteiger partial charge < -0.3 is 8.19 Å². The first kappa shape index (κ1) is 18.4. The Hall–Kier alpha value is -1.35. The molecule has 130 valence electrons. The maximum Gasteiger partial charge on any atom is 0.0446 e. The number of benzene rings is 2. The van der Waals surface area contributed by atoms with Crippen molar-refractivity contribution in [3.63, 3.8) is 0 Å². The van der Waals surface area contributed by atoms with Gasteiger partial charge in [-0.2, -0.15) is 0 Å². The molecule has 2 aromatic carbocycles. The zero-order valence-electron chi connectivity index (χ0n) is 16.2. The highest BCUT2D eigenvalue weighted by atomic mass is 31.0. The predicted molar refractivity (Wildman–Crippen MR) is 121 cm³/mol. The van der Waals surface area contributed by atoms with E-state index in [1.165, 1.54) is 30.4 Å². The third-order valence-corrected chi connectivity index (χ3v) is 13.4. The summed E-state index contributed by atoms with van der Waals surface area (Å²) >= 11 is 0. The first-order chi connectivity index (χ1) is 11.7. The zero-order valence-corrected chi connectivity index (χ0v) is 19.1. The molecule has 0 spiro atoms. The Morgan fingerprint density at radius 3 is 1.12 bits per heavy atom. The average Bonchev–Trinajstić information content (AvgIpc) is 2.97. The largest absolute Gasteiger partial charge is 0.532 e. The minimum atomic E-state index is -1.42. The zero-order chi connectivity index (χ0) is 18.2. The lowest BCUT2D eigenvalue weighted by atomic mass is 9.99. The van der Waals surface area contributed by atoms with Crippen molar-refractivity contribution in [2.45, 2.75) is 39.3 Å². The minimum Gasteiger partial charge on any atom is -0.532 e. The molecule has 0 bridgehead atoms. The van der Waals surface area contributed by atoms with E-state index in [-0.39, 0.29) is 0 Å². The molecule has 0 saturated heterocycles. The van der Waals surface area contributed by atoms with Crippen molar-refractivity contribution in [2.24, 2.45) is 0 Å². The van der Waals surface area contributed by atoms with Crippen LogP contribution in [0.4, 0.5) is 0 Å². The van der Waals surface area contributed by atoms with E-state index in [1.807, 2.05) is 0 Å². The van der Waals surface area contributed by atoms with Crippen LogP contribution in [0.1, 0.15) is 0 Å². The van der Waals surface area contributed by atoms with Crippen LogP contribution in [0.2, 0.25) is 39.3 Å². The van der Waals surface area contributed by atoms with E-state index in [2.05, 4.69) is 99.9 Å². The lowest BCUT2D eigenvalue weighted by Gasteiger charge is -2.28. The highest BCUT2D eigenvalue weighted by Crippen LogP contribution is 2.37. The molecule has 0 aliphatic carbocycles. The fraction of sp³-hybridized carbons (Fsp3) is 0.273. The predicted octanol–water partition coefficient (Wildman–Crippen LogP) is 6.41. The molecule has 0 amide bonds. The van der Waals surface area contributed by atoms with Crippen LogP contribution < -0.4 is 9.84 Å². The molecule has 0 saturated carbocycles. The Bertz CT molecular complexity index is 779. The van der Waals surface area contributed by atoms with Gasteiger partial charge in [0.2, 0.25) is 0 Å². The van der Waals surface area contributed by atoms with Crippen molar-refractivity contribution < 1.29 is 0 Å². The molecule has 0 N–H and O–H groups in total. The molecule has 25 heavy (non-hydrogen) atoms. The molecule has 0 atom stereocenters. The normalized spacial score (nSPS) is 12.4. The van der Waals surface area contributed by atoms with Crippen LogP contribution in [-0.2, 0) is 0 Å². The van der Waals surface area contributed by atoms with Gasteiger partial charge in [0.05, 0.1) is 0 Å². The van der Waals surface area contributed by atoms with E-state index in [0.717, 1.165) is 0 Å². The highest BCUT2D eigenvalue weighted by Gasteiger charge is 2.24. The van der Waals surface area contributed by atoms with E-state index < -0.39 is 16.1 Å². The molecule has 0 radical (unpaired) electrons. The number of hydrogen-bond donors (Lipinski definition) is 0. The lowest BCUT2D eigenvalue weighted by molar-refractivity contribution is 1.63. The number of hydrogen-bond acceptors (Lipinski definition) is 0. The minimum absolute atomic E-state index is 1.39. The first-order valence-corrected chi connectivity index (χ1v) is 16.9. The summed E-state index contributed by atoms with van der Waals surface area (Å²) < 4.78 is 0. The smallest absolute Gasteiger partial charge is 0.0446 e. The van der Waals surface area contributed by atoms with Gasteiger partial charge in [0.15, 0.2) is 0 Å². The molecule has 0 fully saturated rings. The maximum atomic E-state index is 2.49. The van der Waals surface area contributed by atoms with Gasteiger partial charge in [-0.05, 0) is 22.3 Å². The van der Waals surface area contributed by atoms with Gasteiger partial charge >= 0.3 is 0 Å². The second-order valence-corrected chi connectivity index (χ2v) is 20.8. The molecule has 3 rings (SSSR count). The summed E-state index contributed by atoms with van der Waals surface area (Å²) in [7, 11) is -1.33. The van der Waals surface area contributed by atoms with E-state index in [9.17, 15) is 0 Å². The Kier molecular flexibility index (Phi) is 4.98.